The van der Waals surface area contributed by atoms with E-state index in [0.29, 0.717) is 11.5 Å². The van der Waals surface area contributed by atoms with E-state index < -0.39 is 0 Å². The molecule has 1 heterocycles. The zero-order valence-electron chi connectivity index (χ0n) is 11.2. The van der Waals surface area contributed by atoms with Crippen molar-refractivity contribution in [3.8, 4) is 0 Å². The molecule has 5 nitrogen and oxygen atoms in total. The number of nitrogens with zero attached hydrogens (tertiary/aromatic N) is 1. The summed E-state index contributed by atoms with van der Waals surface area (Å²) in [5, 5.41) is 12.1. The van der Waals surface area contributed by atoms with Crippen LogP contribution in [-0.4, -0.2) is 46.6 Å². The van der Waals surface area contributed by atoms with Gasteiger partial charge in [0, 0.05) is 17.3 Å². The number of carbonyl (C=O) groups excluding carboxylic acids is 1. The number of nitrogens with two attached hydrogens (primary N) is 1. The second-order valence-corrected chi connectivity index (χ2v) is 5.38. The Morgan fingerprint density at radius 1 is 1.45 bits per heavy atom. The number of rotatable bonds is 5. The minimum Gasteiger partial charge on any atom is -0.395 e. The summed E-state index contributed by atoms with van der Waals surface area (Å²) in [7, 11) is 0. The van der Waals surface area contributed by atoms with Crippen LogP contribution in [0.4, 0.5) is 5.69 Å². The molecule has 20 heavy (non-hydrogen) atoms. The highest BCUT2D eigenvalue weighted by Crippen LogP contribution is 2.16. The van der Waals surface area contributed by atoms with Crippen LogP contribution in [0.25, 0.3) is 0 Å². The average Bonchev–Trinajstić information content (AvgIpc) is 2.86. The summed E-state index contributed by atoms with van der Waals surface area (Å²) in [6.45, 7) is 1.28. The van der Waals surface area contributed by atoms with Gasteiger partial charge in [0.2, 0.25) is 5.91 Å². The summed E-state index contributed by atoms with van der Waals surface area (Å²) >= 11 is 4.87. The maximum atomic E-state index is 12.0. The monoisotopic (exact) mass is 293 g/mol. The molecule has 0 aliphatic carbocycles. The van der Waals surface area contributed by atoms with Crippen LogP contribution < -0.4 is 11.1 Å². The predicted octanol–water partition coefficient (Wildman–Crippen LogP) is 0.716. The highest BCUT2D eigenvalue weighted by Gasteiger charge is 2.25. The molecular weight excluding hydrogens is 274 g/mol. The van der Waals surface area contributed by atoms with Crippen LogP contribution in [0.5, 0.6) is 0 Å². The maximum absolute atomic E-state index is 12.0. The van der Waals surface area contributed by atoms with E-state index in [1.807, 2.05) is 4.90 Å². The fraction of sp³-hybridized carbons (Fsp3) is 0.429. The first kappa shape index (κ1) is 14.9. The average molecular weight is 293 g/mol. The molecule has 1 amide bonds. The molecule has 6 heteroatoms. The van der Waals surface area contributed by atoms with Gasteiger partial charge in [0.1, 0.15) is 4.99 Å². The lowest BCUT2D eigenvalue weighted by molar-refractivity contribution is -0.117. The van der Waals surface area contributed by atoms with Crippen molar-refractivity contribution in [2.24, 2.45) is 5.73 Å². The SMILES string of the molecule is NC(=S)c1ccc(NC(=O)CN2CCCC2CO)cc1. The van der Waals surface area contributed by atoms with E-state index in [4.69, 9.17) is 18.0 Å². The normalized spacial score (nSPS) is 18.9. The van der Waals surface area contributed by atoms with E-state index in [-0.39, 0.29) is 18.6 Å². The molecule has 1 aliphatic rings. The van der Waals surface area contributed by atoms with E-state index in [1.165, 1.54) is 0 Å². The fourth-order valence-corrected chi connectivity index (χ4v) is 2.55. The van der Waals surface area contributed by atoms with Crippen LogP contribution in [0.1, 0.15) is 18.4 Å². The molecule has 1 aliphatic heterocycles. The summed E-state index contributed by atoms with van der Waals surface area (Å²) in [4.78, 5) is 14.3. The molecule has 1 saturated heterocycles. The second-order valence-electron chi connectivity index (χ2n) is 4.94. The summed E-state index contributed by atoms with van der Waals surface area (Å²) in [5.74, 6) is -0.0755. The van der Waals surface area contributed by atoms with Crippen LogP contribution >= 0.6 is 12.2 Å². The Kier molecular flexibility index (Phi) is 5.05. The van der Waals surface area contributed by atoms with Gasteiger partial charge in [-0.05, 0) is 43.7 Å². The third-order valence-electron chi connectivity index (χ3n) is 3.51. The van der Waals surface area contributed by atoms with Gasteiger partial charge in [-0.1, -0.05) is 12.2 Å². The number of aliphatic hydroxyl groups is 1. The number of thiocarbonyl (C=S) groups is 1. The molecule has 0 spiro atoms. The molecule has 0 aromatic heterocycles. The minimum absolute atomic E-state index is 0.0755. The zero-order chi connectivity index (χ0) is 14.5. The number of carbonyl (C=O) groups is 1. The lowest BCUT2D eigenvalue weighted by Crippen LogP contribution is -2.38. The molecule has 1 atom stereocenters. The van der Waals surface area contributed by atoms with E-state index in [0.717, 1.165) is 30.6 Å². The number of amides is 1. The third kappa shape index (κ3) is 3.75. The molecule has 0 bridgehead atoms. The van der Waals surface area contributed by atoms with Gasteiger partial charge in [0.15, 0.2) is 0 Å². The van der Waals surface area contributed by atoms with Crippen molar-refractivity contribution >= 4 is 28.8 Å². The summed E-state index contributed by atoms with van der Waals surface area (Å²) in [6, 6.07) is 7.23. The number of nitrogens with one attached hydrogen (secondary N) is 1. The molecule has 2 rings (SSSR count). The molecule has 108 valence electrons. The Labute approximate surface area is 123 Å². The molecule has 4 N–H and O–H groups in total. The van der Waals surface area contributed by atoms with E-state index >= 15 is 0 Å². The zero-order valence-corrected chi connectivity index (χ0v) is 12.0. The Morgan fingerprint density at radius 3 is 2.75 bits per heavy atom. The van der Waals surface area contributed by atoms with Gasteiger partial charge >= 0.3 is 0 Å². The highest BCUT2D eigenvalue weighted by atomic mass is 32.1. The predicted molar refractivity (Wildman–Crippen MR) is 82.6 cm³/mol. The Balaban J connectivity index is 1.89. The lowest BCUT2D eigenvalue weighted by Gasteiger charge is -2.21. The van der Waals surface area contributed by atoms with Crippen molar-refractivity contribution in [3.63, 3.8) is 0 Å². The minimum atomic E-state index is -0.0755. The largest absolute Gasteiger partial charge is 0.395 e. The van der Waals surface area contributed by atoms with Gasteiger partial charge in [0.05, 0.1) is 13.2 Å². The van der Waals surface area contributed by atoms with E-state index in [9.17, 15) is 9.90 Å². The fourth-order valence-electron chi connectivity index (χ4n) is 2.41. The standard InChI is InChI=1S/C14H19N3O2S/c15-14(20)10-3-5-11(6-4-10)16-13(19)8-17-7-1-2-12(17)9-18/h3-6,12,18H,1-2,7-9H2,(H2,15,20)(H,16,19). The van der Waals surface area contributed by atoms with Crippen molar-refractivity contribution < 1.29 is 9.90 Å². The molecule has 0 saturated carbocycles. The summed E-state index contributed by atoms with van der Waals surface area (Å²) < 4.78 is 0. The quantitative estimate of drug-likeness (QED) is 0.697. The molecule has 1 fully saturated rings. The molecule has 0 radical (unpaired) electrons. The Bertz CT molecular complexity index is 490. The van der Waals surface area contributed by atoms with Crippen LogP contribution in [0, 0.1) is 0 Å². The molecule has 1 unspecified atom stereocenters. The number of hydrogen-bond acceptors (Lipinski definition) is 4. The van der Waals surface area contributed by atoms with Gasteiger partial charge in [-0.15, -0.1) is 0 Å². The number of aliphatic hydroxyl groups excluding tert-OH is 1. The van der Waals surface area contributed by atoms with Gasteiger partial charge in [-0.25, -0.2) is 0 Å². The first-order chi connectivity index (χ1) is 9.60. The van der Waals surface area contributed by atoms with Crippen LogP contribution in [0.15, 0.2) is 24.3 Å². The van der Waals surface area contributed by atoms with Gasteiger partial charge in [-0.2, -0.15) is 0 Å². The van der Waals surface area contributed by atoms with Crippen molar-refractivity contribution in [1.29, 1.82) is 0 Å². The van der Waals surface area contributed by atoms with Crippen LogP contribution in [0.2, 0.25) is 0 Å². The van der Waals surface area contributed by atoms with Gasteiger partial charge in [0.25, 0.3) is 0 Å². The third-order valence-corrected chi connectivity index (χ3v) is 3.75. The second kappa shape index (κ2) is 6.78. The molecular formula is C14H19N3O2S. The lowest BCUT2D eigenvalue weighted by atomic mass is 10.2. The number of anilines is 1. The van der Waals surface area contributed by atoms with Gasteiger partial charge in [-0.3, -0.25) is 9.69 Å². The summed E-state index contributed by atoms with van der Waals surface area (Å²) in [5.41, 5.74) is 7.01. The smallest absolute Gasteiger partial charge is 0.238 e. The van der Waals surface area contributed by atoms with Crippen molar-refractivity contribution in [3.05, 3.63) is 29.8 Å². The molecule has 1 aromatic rings. The van der Waals surface area contributed by atoms with Gasteiger partial charge < -0.3 is 16.2 Å². The van der Waals surface area contributed by atoms with Crippen LogP contribution in [-0.2, 0) is 4.79 Å². The first-order valence-electron chi connectivity index (χ1n) is 6.65. The number of benzene rings is 1. The topological polar surface area (TPSA) is 78.6 Å². The number of likely N-dealkylation sites (tertiary alicyclic amines) is 1. The van der Waals surface area contributed by atoms with Crippen LogP contribution in [0.3, 0.4) is 0 Å². The first-order valence-corrected chi connectivity index (χ1v) is 7.05. The maximum Gasteiger partial charge on any atom is 0.238 e. The summed E-state index contributed by atoms with van der Waals surface area (Å²) in [6.07, 6.45) is 1.98. The van der Waals surface area contributed by atoms with E-state index in [2.05, 4.69) is 5.32 Å². The highest BCUT2D eigenvalue weighted by molar-refractivity contribution is 7.80. The Morgan fingerprint density at radius 2 is 2.15 bits per heavy atom. The molecule has 1 aromatic carbocycles. The Hall–Kier alpha value is -1.50. The number of hydrogen-bond donors (Lipinski definition) is 3. The van der Waals surface area contributed by atoms with Crippen molar-refractivity contribution in [2.75, 3.05) is 25.0 Å². The van der Waals surface area contributed by atoms with Crippen molar-refractivity contribution in [2.45, 2.75) is 18.9 Å². The van der Waals surface area contributed by atoms with Crippen molar-refractivity contribution in [1.82, 2.24) is 4.90 Å². The van der Waals surface area contributed by atoms with E-state index in [1.54, 1.807) is 24.3 Å².